The molecule has 0 saturated carbocycles. The van der Waals surface area contributed by atoms with E-state index < -0.39 is 0 Å². The number of rotatable bonds is 3. The van der Waals surface area contributed by atoms with Gasteiger partial charge >= 0.3 is 0 Å². The molecule has 3 heteroatoms. The summed E-state index contributed by atoms with van der Waals surface area (Å²) in [5, 5.41) is 10.4. The molecule has 0 aliphatic heterocycles. The highest BCUT2D eigenvalue weighted by Gasteiger charge is 2.05. The molecule has 0 radical (unpaired) electrons. The molecule has 3 rings (SSSR count). The lowest BCUT2D eigenvalue weighted by Gasteiger charge is -2.08. The topological polar surface area (TPSA) is 38.0 Å². The van der Waals surface area contributed by atoms with E-state index >= 15 is 0 Å². The van der Waals surface area contributed by atoms with Crippen molar-refractivity contribution in [2.45, 2.75) is 20.1 Å². The number of nitrogens with zero attached hydrogens (tertiary/aromatic N) is 2. The van der Waals surface area contributed by atoms with Gasteiger partial charge < -0.3 is 9.67 Å². The lowest BCUT2D eigenvalue weighted by atomic mass is 10.1. The van der Waals surface area contributed by atoms with E-state index in [9.17, 15) is 5.11 Å². The zero-order valence-electron chi connectivity index (χ0n) is 10.9. The van der Waals surface area contributed by atoms with E-state index in [-0.39, 0.29) is 6.61 Å². The van der Waals surface area contributed by atoms with Crippen molar-refractivity contribution >= 4 is 10.9 Å². The van der Waals surface area contributed by atoms with Crippen LogP contribution in [0.25, 0.3) is 10.9 Å². The summed E-state index contributed by atoms with van der Waals surface area (Å²) >= 11 is 0. The fraction of sp³-hybridized carbons (Fsp3) is 0.188. The third-order valence-corrected chi connectivity index (χ3v) is 3.46. The Hall–Kier alpha value is -2.13. The quantitative estimate of drug-likeness (QED) is 0.778. The Balaban J connectivity index is 2.03. The molecule has 0 fully saturated rings. The number of benzene rings is 1. The second kappa shape index (κ2) is 4.86. The van der Waals surface area contributed by atoms with Crippen molar-refractivity contribution in [2.24, 2.45) is 0 Å². The predicted octanol–water partition coefficient (Wildman–Crippen LogP) is 2.89. The van der Waals surface area contributed by atoms with Crippen LogP contribution in [-0.2, 0) is 13.2 Å². The van der Waals surface area contributed by atoms with Gasteiger partial charge in [0.15, 0.2) is 0 Å². The standard InChI is InChI=1S/C16H16N2O/c1-12-3-2-7-17-15(12)10-18-8-6-14-5-4-13(11-19)9-16(14)18/h2-9,19H,10-11H2,1H3. The maximum Gasteiger partial charge on any atom is 0.0682 e. The molecule has 1 aromatic carbocycles. The van der Waals surface area contributed by atoms with Crippen LogP contribution in [0.2, 0.25) is 0 Å². The lowest BCUT2D eigenvalue weighted by molar-refractivity contribution is 0.282. The minimum Gasteiger partial charge on any atom is -0.392 e. The van der Waals surface area contributed by atoms with Gasteiger partial charge in [0.05, 0.1) is 18.8 Å². The van der Waals surface area contributed by atoms with Crippen molar-refractivity contribution in [3.05, 3.63) is 65.6 Å². The lowest BCUT2D eigenvalue weighted by Crippen LogP contribution is -2.02. The molecule has 0 aliphatic carbocycles. The van der Waals surface area contributed by atoms with Crippen LogP contribution in [0.1, 0.15) is 16.8 Å². The molecule has 2 heterocycles. The van der Waals surface area contributed by atoms with Crippen LogP contribution >= 0.6 is 0 Å². The zero-order chi connectivity index (χ0) is 13.2. The summed E-state index contributed by atoms with van der Waals surface area (Å²) in [6.45, 7) is 2.90. The Labute approximate surface area is 112 Å². The number of aromatic nitrogens is 2. The number of hydrogen-bond donors (Lipinski definition) is 1. The number of hydrogen-bond acceptors (Lipinski definition) is 2. The predicted molar refractivity (Wildman–Crippen MR) is 75.9 cm³/mol. The van der Waals surface area contributed by atoms with Crippen LogP contribution in [0, 0.1) is 6.92 Å². The average Bonchev–Trinajstić information content (AvgIpc) is 2.84. The highest BCUT2D eigenvalue weighted by atomic mass is 16.3. The van der Waals surface area contributed by atoms with Gasteiger partial charge in [-0.25, -0.2) is 0 Å². The summed E-state index contributed by atoms with van der Waals surface area (Å²) in [6, 6.07) is 12.2. The monoisotopic (exact) mass is 252 g/mol. The van der Waals surface area contributed by atoms with Gasteiger partial charge in [-0.15, -0.1) is 0 Å². The van der Waals surface area contributed by atoms with Gasteiger partial charge in [0.2, 0.25) is 0 Å². The first-order valence-electron chi connectivity index (χ1n) is 6.37. The molecule has 0 unspecified atom stereocenters. The molecule has 3 nitrogen and oxygen atoms in total. The first-order chi connectivity index (χ1) is 9.28. The van der Waals surface area contributed by atoms with E-state index in [0.29, 0.717) is 0 Å². The van der Waals surface area contributed by atoms with Crippen molar-refractivity contribution < 1.29 is 5.11 Å². The van der Waals surface area contributed by atoms with E-state index in [1.807, 2.05) is 30.5 Å². The van der Waals surface area contributed by atoms with E-state index in [2.05, 4.69) is 34.8 Å². The number of aliphatic hydroxyl groups is 1. The number of aliphatic hydroxyl groups excluding tert-OH is 1. The van der Waals surface area contributed by atoms with Crippen molar-refractivity contribution in [1.29, 1.82) is 0 Å². The second-order valence-electron chi connectivity index (χ2n) is 4.76. The van der Waals surface area contributed by atoms with Crippen molar-refractivity contribution in [2.75, 3.05) is 0 Å². The third-order valence-electron chi connectivity index (χ3n) is 3.46. The van der Waals surface area contributed by atoms with Gasteiger partial charge in [0.25, 0.3) is 0 Å². The summed E-state index contributed by atoms with van der Waals surface area (Å²) in [7, 11) is 0. The van der Waals surface area contributed by atoms with Crippen molar-refractivity contribution in [3.63, 3.8) is 0 Å². The molecule has 0 aliphatic rings. The molecule has 96 valence electrons. The largest absolute Gasteiger partial charge is 0.392 e. The molecular weight excluding hydrogens is 236 g/mol. The third kappa shape index (κ3) is 2.25. The summed E-state index contributed by atoms with van der Waals surface area (Å²) < 4.78 is 2.17. The van der Waals surface area contributed by atoms with Crippen LogP contribution in [0.3, 0.4) is 0 Å². The molecule has 0 amide bonds. The van der Waals surface area contributed by atoms with Crippen LogP contribution in [-0.4, -0.2) is 14.7 Å². The van der Waals surface area contributed by atoms with Gasteiger partial charge in [-0.2, -0.15) is 0 Å². The average molecular weight is 252 g/mol. The van der Waals surface area contributed by atoms with E-state index in [1.165, 1.54) is 10.9 Å². The molecule has 0 saturated heterocycles. The van der Waals surface area contributed by atoms with Crippen LogP contribution in [0.15, 0.2) is 48.8 Å². The number of pyridine rings is 1. The highest BCUT2D eigenvalue weighted by molar-refractivity contribution is 5.80. The minimum absolute atomic E-state index is 0.0731. The molecule has 3 aromatic rings. The SMILES string of the molecule is Cc1cccnc1Cn1ccc2ccc(CO)cc21. The van der Waals surface area contributed by atoms with Gasteiger partial charge in [0, 0.05) is 17.9 Å². The Morgan fingerprint density at radius 1 is 1.21 bits per heavy atom. The molecule has 19 heavy (non-hydrogen) atoms. The maximum absolute atomic E-state index is 9.24. The van der Waals surface area contributed by atoms with E-state index in [0.717, 1.165) is 23.3 Å². The van der Waals surface area contributed by atoms with Gasteiger partial charge in [-0.05, 0) is 41.6 Å². The smallest absolute Gasteiger partial charge is 0.0682 e. The summed E-state index contributed by atoms with van der Waals surface area (Å²) in [5.74, 6) is 0. The molecule has 0 atom stereocenters. The van der Waals surface area contributed by atoms with E-state index in [4.69, 9.17) is 0 Å². The van der Waals surface area contributed by atoms with Gasteiger partial charge in [-0.3, -0.25) is 4.98 Å². The van der Waals surface area contributed by atoms with Crippen LogP contribution in [0.4, 0.5) is 0 Å². The summed E-state index contributed by atoms with van der Waals surface area (Å²) in [4.78, 5) is 4.43. The summed E-state index contributed by atoms with van der Waals surface area (Å²) in [6.07, 6.45) is 3.90. The molecular formula is C16H16N2O. The van der Waals surface area contributed by atoms with E-state index in [1.54, 1.807) is 0 Å². The van der Waals surface area contributed by atoms with Crippen molar-refractivity contribution in [3.8, 4) is 0 Å². The fourth-order valence-electron chi connectivity index (χ4n) is 2.31. The fourth-order valence-corrected chi connectivity index (χ4v) is 2.31. The van der Waals surface area contributed by atoms with Crippen LogP contribution in [0.5, 0.6) is 0 Å². The van der Waals surface area contributed by atoms with Gasteiger partial charge in [0.1, 0.15) is 0 Å². The molecule has 2 aromatic heterocycles. The summed E-state index contributed by atoms with van der Waals surface area (Å²) in [5.41, 5.74) is 4.35. The van der Waals surface area contributed by atoms with Gasteiger partial charge in [-0.1, -0.05) is 18.2 Å². The first-order valence-corrected chi connectivity index (χ1v) is 6.37. The Morgan fingerprint density at radius 3 is 2.89 bits per heavy atom. The Bertz CT molecular complexity index is 716. The Kier molecular flexibility index (Phi) is 3.05. The van der Waals surface area contributed by atoms with Crippen molar-refractivity contribution in [1.82, 2.24) is 9.55 Å². The molecule has 0 spiro atoms. The number of fused-ring (bicyclic) bond motifs is 1. The minimum atomic E-state index is 0.0731. The number of aryl methyl sites for hydroxylation is 1. The highest BCUT2D eigenvalue weighted by Crippen LogP contribution is 2.19. The molecule has 1 N–H and O–H groups in total. The van der Waals surface area contributed by atoms with Crippen LogP contribution < -0.4 is 0 Å². The normalized spacial score (nSPS) is 11.1. The second-order valence-corrected chi connectivity index (χ2v) is 4.76. The molecule has 0 bridgehead atoms. The Morgan fingerprint density at radius 2 is 2.11 bits per heavy atom. The maximum atomic E-state index is 9.24. The first kappa shape index (κ1) is 11.9. The zero-order valence-corrected chi connectivity index (χ0v) is 10.9.